The van der Waals surface area contributed by atoms with Crippen LogP contribution in [0.4, 0.5) is 14.5 Å². The van der Waals surface area contributed by atoms with E-state index >= 15 is 0 Å². The minimum atomic E-state index is -0.744. The summed E-state index contributed by atoms with van der Waals surface area (Å²) < 4.78 is 28.6. The first-order valence-electron chi connectivity index (χ1n) is 5.79. The Morgan fingerprint density at radius 3 is 2.86 bits per heavy atom. The van der Waals surface area contributed by atoms with Crippen molar-refractivity contribution in [3.8, 4) is 0 Å². The minimum absolute atomic E-state index is 0.0156. The van der Waals surface area contributed by atoms with Gasteiger partial charge in [-0.15, -0.1) is 0 Å². The number of rotatable bonds is 2. The molecule has 0 saturated carbocycles. The van der Waals surface area contributed by atoms with Gasteiger partial charge in [0.05, 0.1) is 33.6 Å². The van der Waals surface area contributed by atoms with Crippen molar-refractivity contribution in [3.05, 3.63) is 58.6 Å². The van der Waals surface area contributed by atoms with Crippen LogP contribution >= 0.6 is 15.9 Å². The number of nitrogens with one attached hydrogen (secondary N) is 1. The Balaban J connectivity index is 1.95. The molecule has 0 unspecified atom stereocenters. The molecule has 21 heavy (non-hydrogen) atoms. The molecule has 3 aromatic rings. The van der Waals surface area contributed by atoms with Crippen molar-refractivity contribution in [3.63, 3.8) is 0 Å². The molecular weight excluding hydrogens is 346 g/mol. The Labute approximate surface area is 125 Å². The molecule has 1 amide bonds. The van der Waals surface area contributed by atoms with Gasteiger partial charge < -0.3 is 5.32 Å². The van der Waals surface area contributed by atoms with Crippen LogP contribution in [0, 0.1) is 11.6 Å². The van der Waals surface area contributed by atoms with Gasteiger partial charge in [0.25, 0.3) is 5.91 Å². The molecule has 0 saturated heterocycles. The molecule has 0 aliphatic carbocycles. The Hall–Kier alpha value is -2.35. The van der Waals surface area contributed by atoms with E-state index < -0.39 is 17.5 Å². The number of hydrogen-bond acceptors (Lipinski definition) is 3. The van der Waals surface area contributed by atoms with Crippen LogP contribution in [0.25, 0.3) is 5.52 Å². The molecule has 0 radical (unpaired) electrons. The van der Waals surface area contributed by atoms with Crippen molar-refractivity contribution in [2.45, 2.75) is 0 Å². The highest BCUT2D eigenvalue weighted by atomic mass is 79.9. The van der Waals surface area contributed by atoms with Gasteiger partial charge >= 0.3 is 0 Å². The number of hydrogen-bond donors (Lipinski definition) is 1. The largest absolute Gasteiger partial charge is 0.319 e. The molecule has 0 spiro atoms. The number of carbonyl (C=O) groups excluding carboxylic acids is 1. The third-order valence-electron chi connectivity index (χ3n) is 2.83. The van der Waals surface area contributed by atoms with E-state index in [1.165, 1.54) is 23.1 Å². The summed E-state index contributed by atoms with van der Waals surface area (Å²) in [4.78, 5) is 16.0. The molecule has 0 aliphatic heterocycles. The first-order chi connectivity index (χ1) is 10.1. The Morgan fingerprint density at radius 1 is 1.24 bits per heavy atom. The molecule has 1 N–H and O–H groups in total. The zero-order valence-corrected chi connectivity index (χ0v) is 11.9. The van der Waals surface area contributed by atoms with Gasteiger partial charge in [0.1, 0.15) is 11.6 Å². The molecule has 0 bridgehead atoms. The highest BCUT2D eigenvalue weighted by Crippen LogP contribution is 2.24. The van der Waals surface area contributed by atoms with Gasteiger partial charge in [-0.2, -0.15) is 5.10 Å². The number of anilines is 1. The van der Waals surface area contributed by atoms with Crippen molar-refractivity contribution >= 4 is 33.0 Å². The number of aromatic nitrogens is 3. The second-order valence-corrected chi connectivity index (χ2v) is 5.02. The maximum absolute atomic E-state index is 13.7. The maximum Gasteiger partial charge on any atom is 0.259 e. The topological polar surface area (TPSA) is 59.3 Å². The lowest BCUT2D eigenvalue weighted by atomic mass is 10.2. The molecule has 3 rings (SSSR count). The molecule has 5 nitrogen and oxygen atoms in total. The van der Waals surface area contributed by atoms with Gasteiger partial charge in [0, 0.05) is 18.5 Å². The number of carbonyl (C=O) groups is 1. The van der Waals surface area contributed by atoms with Gasteiger partial charge in [-0.3, -0.25) is 9.78 Å². The Morgan fingerprint density at radius 2 is 2.05 bits per heavy atom. The summed E-state index contributed by atoms with van der Waals surface area (Å²) >= 11 is 2.87. The van der Waals surface area contributed by atoms with Crippen molar-refractivity contribution in [2.75, 3.05) is 5.32 Å². The fraction of sp³-hybridized carbons (Fsp3) is 0. The summed E-state index contributed by atoms with van der Waals surface area (Å²) in [5.41, 5.74) is 0.433. The van der Waals surface area contributed by atoms with Crippen molar-refractivity contribution in [2.24, 2.45) is 0 Å². The first kappa shape index (κ1) is 13.6. The SMILES string of the molecule is O=C(Nc1cc(F)c(Br)cc1F)c1cnn2ccncc12. The third-order valence-corrected chi connectivity index (χ3v) is 3.44. The van der Waals surface area contributed by atoms with Crippen molar-refractivity contribution in [1.82, 2.24) is 14.6 Å². The second kappa shape index (κ2) is 5.21. The summed E-state index contributed by atoms with van der Waals surface area (Å²) in [5, 5.41) is 6.29. The zero-order chi connectivity index (χ0) is 15.0. The van der Waals surface area contributed by atoms with E-state index in [4.69, 9.17) is 0 Å². The van der Waals surface area contributed by atoms with Crippen LogP contribution in [0.1, 0.15) is 10.4 Å². The van der Waals surface area contributed by atoms with Crippen LogP contribution in [0.5, 0.6) is 0 Å². The molecule has 2 heterocycles. The summed E-state index contributed by atoms with van der Waals surface area (Å²) in [7, 11) is 0. The van der Waals surface area contributed by atoms with Crippen LogP contribution < -0.4 is 5.32 Å². The predicted octanol–water partition coefficient (Wildman–Crippen LogP) is 3.02. The summed E-state index contributed by atoms with van der Waals surface area (Å²) in [6.07, 6.45) is 5.89. The van der Waals surface area contributed by atoms with Crippen LogP contribution in [0.2, 0.25) is 0 Å². The maximum atomic E-state index is 13.7. The fourth-order valence-corrected chi connectivity index (χ4v) is 2.13. The predicted molar refractivity (Wildman–Crippen MR) is 75.0 cm³/mol. The number of nitrogens with zero attached hydrogens (tertiary/aromatic N) is 3. The number of fused-ring (bicyclic) bond motifs is 1. The molecule has 8 heteroatoms. The smallest absolute Gasteiger partial charge is 0.259 e. The highest BCUT2D eigenvalue weighted by molar-refractivity contribution is 9.10. The second-order valence-electron chi connectivity index (χ2n) is 4.16. The Bertz CT molecular complexity index is 849. The molecule has 0 atom stereocenters. The lowest BCUT2D eigenvalue weighted by Gasteiger charge is -2.06. The van der Waals surface area contributed by atoms with E-state index in [2.05, 4.69) is 31.3 Å². The average molecular weight is 353 g/mol. The molecule has 0 fully saturated rings. The average Bonchev–Trinajstić information content (AvgIpc) is 2.88. The van der Waals surface area contributed by atoms with Crippen LogP contribution in [0.3, 0.4) is 0 Å². The monoisotopic (exact) mass is 352 g/mol. The standard InChI is InChI=1S/C13H7BrF2N4O/c14-8-3-10(16)11(4-9(8)15)19-13(21)7-5-18-20-2-1-17-6-12(7)20/h1-6H,(H,19,21). The summed E-state index contributed by atoms with van der Waals surface area (Å²) in [6, 6.07) is 1.85. The third kappa shape index (κ3) is 2.49. The minimum Gasteiger partial charge on any atom is -0.319 e. The molecule has 106 valence electrons. The van der Waals surface area contributed by atoms with Crippen LogP contribution in [-0.4, -0.2) is 20.5 Å². The van der Waals surface area contributed by atoms with Crippen LogP contribution in [0.15, 0.2) is 41.4 Å². The van der Waals surface area contributed by atoms with Crippen molar-refractivity contribution in [1.29, 1.82) is 0 Å². The summed E-state index contributed by atoms with van der Waals surface area (Å²) in [6.45, 7) is 0. The first-order valence-corrected chi connectivity index (χ1v) is 6.59. The molecular formula is C13H7BrF2N4O. The highest BCUT2D eigenvalue weighted by Gasteiger charge is 2.16. The van der Waals surface area contributed by atoms with Gasteiger partial charge in [0.15, 0.2) is 0 Å². The zero-order valence-electron chi connectivity index (χ0n) is 10.3. The molecule has 2 aromatic heterocycles. The number of amides is 1. The van der Waals surface area contributed by atoms with Crippen molar-refractivity contribution < 1.29 is 13.6 Å². The summed E-state index contributed by atoms with van der Waals surface area (Å²) in [5.74, 6) is -2.02. The van der Waals surface area contributed by atoms with Gasteiger partial charge in [-0.25, -0.2) is 13.3 Å². The van der Waals surface area contributed by atoms with Gasteiger partial charge in [-0.05, 0) is 22.0 Å². The van der Waals surface area contributed by atoms with Gasteiger partial charge in [-0.1, -0.05) is 0 Å². The number of halogens is 3. The van der Waals surface area contributed by atoms with E-state index in [1.807, 2.05) is 0 Å². The van der Waals surface area contributed by atoms with Crippen LogP contribution in [-0.2, 0) is 0 Å². The molecule has 1 aromatic carbocycles. The Kier molecular flexibility index (Phi) is 3.38. The van der Waals surface area contributed by atoms with E-state index in [0.717, 1.165) is 12.1 Å². The van der Waals surface area contributed by atoms with E-state index in [0.29, 0.717) is 5.52 Å². The van der Waals surface area contributed by atoms with E-state index in [-0.39, 0.29) is 15.7 Å². The van der Waals surface area contributed by atoms with E-state index in [9.17, 15) is 13.6 Å². The quantitative estimate of drug-likeness (QED) is 0.721. The lowest BCUT2D eigenvalue weighted by Crippen LogP contribution is -2.13. The van der Waals surface area contributed by atoms with E-state index in [1.54, 1.807) is 6.20 Å². The van der Waals surface area contributed by atoms with Gasteiger partial charge in [0.2, 0.25) is 0 Å². The normalized spacial score (nSPS) is 10.8. The number of benzene rings is 1. The fourth-order valence-electron chi connectivity index (χ4n) is 1.82. The lowest BCUT2D eigenvalue weighted by molar-refractivity contribution is 0.102. The molecule has 0 aliphatic rings.